The lowest BCUT2D eigenvalue weighted by molar-refractivity contribution is -0.143. The predicted molar refractivity (Wildman–Crippen MR) is 110 cm³/mol. The summed E-state index contributed by atoms with van der Waals surface area (Å²) in [4.78, 5) is 18.1. The van der Waals surface area contributed by atoms with Gasteiger partial charge in [-0.1, -0.05) is 48.6 Å². The van der Waals surface area contributed by atoms with E-state index >= 15 is 0 Å². The third kappa shape index (κ3) is 2.98. The van der Waals surface area contributed by atoms with E-state index < -0.39 is 28.2 Å². The van der Waals surface area contributed by atoms with Crippen LogP contribution in [0.5, 0.6) is 0 Å². The first kappa shape index (κ1) is 20.0. The molecule has 2 aromatic heterocycles. The van der Waals surface area contributed by atoms with Gasteiger partial charge in [-0.2, -0.15) is 0 Å². The van der Waals surface area contributed by atoms with Gasteiger partial charge in [-0.25, -0.2) is 18.3 Å². The van der Waals surface area contributed by atoms with E-state index in [1.165, 1.54) is 22.8 Å². The van der Waals surface area contributed by atoms with Crippen LogP contribution in [0, 0.1) is 0 Å². The van der Waals surface area contributed by atoms with Crippen molar-refractivity contribution in [2.24, 2.45) is 0 Å². The summed E-state index contributed by atoms with van der Waals surface area (Å²) in [5.74, 6) is -0.544. The summed E-state index contributed by atoms with van der Waals surface area (Å²) < 4.78 is 35.9. The highest BCUT2D eigenvalue weighted by molar-refractivity contribution is 7.81. The maximum Gasteiger partial charge on any atom is 0.333 e. The summed E-state index contributed by atoms with van der Waals surface area (Å²) >= 11 is -1.21. The monoisotopic (exact) mass is 435 g/mol. The summed E-state index contributed by atoms with van der Waals surface area (Å²) in [5.41, 5.74) is -0.302. The van der Waals surface area contributed by atoms with E-state index in [1.807, 2.05) is 37.3 Å². The first-order valence-electron chi connectivity index (χ1n) is 8.89. The molecule has 3 aromatic rings. The molecule has 1 fully saturated rings. The number of imidazole rings is 1. The Hall–Kier alpha value is -2.27. The molecule has 29 heavy (non-hydrogen) atoms. The standard InChI is InChI=1S/C19H21N3O5S2/c1-18(13-7-5-4-6-8-13)12-19(18,16(23)27-3)22(29(24)25)15-10-21-9-14(11-26-2)20-17(21)28-15/h4-10H,11-12H2,1-3H3,(H,24,25). The topological polar surface area (TPSA) is 93.4 Å². The second-order valence-corrected chi connectivity index (χ2v) is 8.99. The van der Waals surface area contributed by atoms with E-state index in [0.717, 1.165) is 11.3 Å². The first-order valence-corrected chi connectivity index (χ1v) is 10.8. The zero-order valence-electron chi connectivity index (χ0n) is 16.2. The molecule has 0 radical (unpaired) electrons. The zero-order chi connectivity index (χ0) is 20.8. The first-order chi connectivity index (χ1) is 13.9. The van der Waals surface area contributed by atoms with E-state index in [1.54, 1.807) is 23.9 Å². The Morgan fingerprint density at radius 1 is 1.34 bits per heavy atom. The molecule has 0 amide bonds. The van der Waals surface area contributed by atoms with E-state index in [9.17, 15) is 13.6 Å². The minimum Gasteiger partial charge on any atom is -0.467 e. The third-order valence-corrected chi connectivity index (χ3v) is 7.44. The minimum atomic E-state index is -2.45. The van der Waals surface area contributed by atoms with Crippen LogP contribution in [-0.4, -0.2) is 43.9 Å². The molecule has 1 aromatic carbocycles. The van der Waals surface area contributed by atoms with Crippen molar-refractivity contribution in [2.45, 2.75) is 30.9 Å². The Balaban J connectivity index is 1.81. The molecule has 0 aliphatic heterocycles. The number of anilines is 1. The molecule has 0 saturated heterocycles. The van der Waals surface area contributed by atoms with E-state index in [0.29, 0.717) is 23.0 Å². The van der Waals surface area contributed by atoms with Crippen LogP contribution in [0.3, 0.4) is 0 Å². The van der Waals surface area contributed by atoms with Gasteiger partial charge in [0.2, 0.25) is 0 Å². The van der Waals surface area contributed by atoms with Crippen molar-refractivity contribution in [1.29, 1.82) is 0 Å². The van der Waals surface area contributed by atoms with Crippen LogP contribution in [0.2, 0.25) is 0 Å². The molecule has 3 atom stereocenters. The van der Waals surface area contributed by atoms with Gasteiger partial charge in [0.15, 0.2) is 10.5 Å². The SMILES string of the molecule is COCc1cn2cc(N(S(=O)O)C3(C(=O)OC)CC3(C)c3ccccc3)sc2n1. The Morgan fingerprint density at radius 2 is 2.07 bits per heavy atom. The van der Waals surface area contributed by atoms with Gasteiger partial charge in [-0.05, 0) is 12.0 Å². The fourth-order valence-electron chi connectivity index (χ4n) is 4.00. The molecule has 1 aliphatic rings. The smallest absolute Gasteiger partial charge is 0.333 e. The number of fused-ring (bicyclic) bond motifs is 1. The van der Waals surface area contributed by atoms with Crippen LogP contribution < -0.4 is 4.31 Å². The molecule has 1 saturated carbocycles. The van der Waals surface area contributed by atoms with Gasteiger partial charge in [0.05, 0.1) is 19.4 Å². The Kier molecular flexibility index (Phi) is 4.97. The Morgan fingerprint density at radius 3 is 2.66 bits per heavy atom. The average Bonchev–Trinajstić information content (AvgIpc) is 2.96. The van der Waals surface area contributed by atoms with Crippen molar-refractivity contribution in [2.75, 3.05) is 18.5 Å². The number of hydrogen-bond acceptors (Lipinski definition) is 6. The van der Waals surface area contributed by atoms with Gasteiger partial charge in [0, 0.05) is 24.9 Å². The highest BCUT2D eigenvalue weighted by Gasteiger charge is 2.76. The molecule has 154 valence electrons. The summed E-state index contributed by atoms with van der Waals surface area (Å²) in [6.07, 6.45) is 3.86. The lowest BCUT2D eigenvalue weighted by atomic mass is 9.92. The predicted octanol–water partition coefficient (Wildman–Crippen LogP) is 2.76. The largest absolute Gasteiger partial charge is 0.467 e. The van der Waals surface area contributed by atoms with Crippen LogP contribution in [0.4, 0.5) is 5.00 Å². The summed E-state index contributed by atoms with van der Waals surface area (Å²) in [5, 5.41) is 0.461. The Labute approximate surface area is 174 Å². The minimum absolute atomic E-state index is 0.359. The van der Waals surface area contributed by atoms with Crippen LogP contribution in [0.1, 0.15) is 24.6 Å². The lowest BCUT2D eigenvalue weighted by Gasteiger charge is -2.30. The number of thiazole rings is 1. The number of ether oxygens (including phenoxy) is 2. The molecule has 0 spiro atoms. The third-order valence-electron chi connectivity index (χ3n) is 5.52. The number of nitrogens with zero attached hydrogens (tertiary/aromatic N) is 3. The number of benzene rings is 1. The number of aromatic nitrogens is 2. The quantitative estimate of drug-likeness (QED) is 0.453. The number of carbonyl (C=O) groups excluding carboxylic acids is 1. The molecule has 8 nitrogen and oxygen atoms in total. The second kappa shape index (κ2) is 7.21. The van der Waals surface area contributed by atoms with E-state index in [-0.39, 0.29) is 0 Å². The second-order valence-electron chi connectivity index (χ2n) is 7.18. The number of rotatable bonds is 7. The normalized spacial score (nSPS) is 24.4. The van der Waals surface area contributed by atoms with Crippen molar-refractivity contribution in [3.8, 4) is 0 Å². The number of methoxy groups -OCH3 is 2. The lowest BCUT2D eigenvalue weighted by Crippen LogP contribution is -2.50. The summed E-state index contributed by atoms with van der Waals surface area (Å²) in [7, 11) is 2.89. The molecule has 1 N–H and O–H groups in total. The molecule has 10 heteroatoms. The van der Waals surface area contributed by atoms with Crippen LogP contribution in [0.25, 0.3) is 4.96 Å². The maximum atomic E-state index is 13.0. The number of esters is 1. The molecule has 1 aliphatic carbocycles. The van der Waals surface area contributed by atoms with Crippen molar-refractivity contribution in [3.05, 3.63) is 54.0 Å². The molecular weight excluding hydrogens is 414 g/mol. The maximum absolute atomic E-state index is 13.0. The molecule has 0 bridgehead atoms. The summed E-state index contributed by atoms with van der Waals surface area (Å²) in [6.45, 7) is 2.28. The highest BCUT2D eigenvalue weighted by atomic mass is 32.2. The average molecular weight is 436 g/mol. The highest BCUT2D eigenvalue weighted by Crippen LogP contribution is 2.63. The molecule has 3 unspecified atom stereocenters. The van der Waals surface area contributed by atoms with Crippen molar-refractivity contribution in [3.63, 3.8) is 0 Å². The molecule has 4 rings (SSSR count). The van der Waals surface area contributed by atoms with Crippen molar-refractivity contribution in [1.82, 2.24) is 9.38 Å². The fourth-order valence-corrected chi connectivity index (χ4v) is 6.08. The number of carbonyl (C=O) groups is 1. The van der Waals surface area contributed by atoms with Crippen LogP contribution in [0.15, 0.2) is 42.7 Å². The zero-order valence-corrected chi connectivity index (χ0v) is 17.8. The van der Waals surface area contributed by atoms with Gasteiger partial charge >= 0.3 is 5.97 Å². The van der Waals surface area contributed by atoms with Gasteiger partial charge < -0.3 is 9.47 Å². The number of hydrogen-bond donors (Lipinski definition) is 1. The van der Waals surface area contributed by atoms with Crippen LogP contribution in [-0.2, 0) is 37.6 Å². The molecule has 2 heterocycles. The summed E-state index contributed by atoms with van der Waals surface area (Å²) in [6, 6.07) is 9.50. The fraction of sp³-hybridized carbons (Fsp3) is 0.368. The van der Waals surface area contributed by atoms with Gasteiger partial charge in [-0.3, -0.25) is 8.95 Å². The van der Waals surface area contributed by atoms with Crippen LogP contribution >= 0.6 is 11.3 Å². The van der Waals surface area contributed by atoms with Crippen molar-refractivity contribution < 1.29 is 23.0 Å². The van der Waals surface area contributed by atoms with Gasteiger partial charge in [0.1, 0.15) is 5.00 Å². The van der Waals surface area contributed by atoms with Crippen molar-refractivity contribution >= 4 is 38.5 Å². The van der Waals surface area contributed by atoms with E-state index in [2.05, 4.69) is 4.98 Å². The van der Waals surface area contributed by atoms with Gasteiger partial charge in [-0.15, -0.1) is 0 Å². The molecular formula is C19H21N3O5S2. The van der Waals surface area contributed by atoms with E-state index in [4.69, 9.17) is 9.47 Å². The Bertz CT molecular complexity index is 1050. The van der Waals surface area contributed by atoms with Gasteiger partial charge in [0.25, 0.3) is 11.3 Å².